The number of hydrogen-bond acceptors (Lipinski definition) is 5. The highest BCUT2D eigenvalue weighted by atomic mass is 32.1. The molecule has 0 unspecified atom stereocenters. The lowest BCUT2D eigenvalue weighted by Gasteiger charge is -1.70. The first-order valence-electron chi connectivity index (χ1n) is 1.88. The van der Waals surface area contributed by atoms with Crippen LogP contribution in [0.25, 0.3) is 0 Å². The van der Waals surface area contributed by atoms with Crippen molar-refractivity contribution < 1.29 is 5.21 Å². The lowest BCUT2D eigenvalue weighted by atomic mass is 10.5. The fourth-order valence-corrected chi connectivity index (χ4v) is 0.679. The van der Waals surface area contributed by atoms with Crippen molar-refractivity contribution >= 4 is 17.9 Å². The predicted molar refractivity (Wildman–Crippen MR) is 29.3 cm³/mol. The molecule has 0 aliphatic rings. The Hall–Kier alpha value is -0.970. The van der Waals surface area contributed by atoms with Crippen molar-refractivity contribution in [1.82, 2.24) is 8.75 Å². The Balaban J connectivity index is 2.77. The lowest BCUT2D eigenvalue weighted by molar-refractivity contribution is 0.321. The molecule has 0 amide bonds. The molecule has 0 aromatic carbocycles. The summed E-state index contributed by atoms with van der Waals surface area (Å²) in [5, 5.41) is 10.7. The van der Waals surface area contributed by atoms with E-state index < -0.39 is 0 Å². The maximum atomic E-state index is 7.94. The van der Waals surface area contributed by atoms with E-state index in [4.69, 9.17) is 5.21 Å². The quantitative estimate of drug-likeness (QED) is 0.338. The molecule has 5 heteroatoms. The molecule has 0 aliphatic heterocycles. The van der Waals surface area contributed by atoms with Crippen molar-refractivity contribution in [1.29, 1.82) is 0 Å². The van der Waals surface area contributed by atoms with Crippen LogP contribution < -0.4 is 0 Å². The Morgan fingerprint density at radius 1 is 1.88 bits per heavy atom. The van der Waals surface area contributed by atoms with Crippen molar-refractivity contribution in [2.24, 2.45) is 5.16 Å². The third-order valence-corrected chi connectivity index (χ3v) is 1.06. The van der Waals surface area contributed by atoms with Gasteiger partial charge in [0.1, 0.15) is 5.69 Å². The highest BCUT2D eigenvalue weighted by molar-refractivity contribution is 6.99. The van der Waals surface area contributed by atoms with Gasteiger partial charge in [0.05, 0.1) is 24.1 Å². The van der Waals surface area contributed by atoms with Crippen LogP contribution >= 0.6 is 11.7 Å². The van der Waals surface area contributed by atoms with Crippen LogP contribution in [0.1, 0.15) is 5.69 Å². The van der Waals surface area contributed by atoms with Crippen molar-refractivity contribution in [3.05, 3.63) is 11.9 Å². The average molecular weight is 129 g/mol. The molecule has 0 bridgehead atoms. The van der Waals surface area contributed by atoms with Crippen molar-refractivity contribution in [2.75, 3.05) is 0 Å². The van der Waals surface area contributed by atoms with E-state index >= 15 is 0 Å². The fraction of sp³-hybridized carbons (Fsp3) is 0. The predicted octanol–water partition coefficient (Wildman–Crippen LogP) is 0.346. The molecule has 0 aliphatic carbocycles. The molecule has 4 nitrogen and oxygen atoms in total. The Labute approximate surface area is 49.8 Å². The summed E-state index contributed by atoms with van der Waals surface area (Å²) < 4.78 is 7.40. The summed E-state index contributed by atoms with van der Waals surface area (Å²) in [6.07, 6.45) is 2.74. The van der Waals surface area contributed by atoms with E-state index in [2.05, 4.69) is 13.9 Å². The standard InChI is InChI=1S/C3H3N3OS/c7-4-1-3-2-5-8-6-3/h1-2,7H/b4-1-. The molecule has 0 radical (unpaired) electrons. The summed E-state index contributed by atoms with van der Waals surface area (Å²) in [5.41, 5.74) is 0.581. The zero-order valence-corrected chi connectivity index (χ0v) is 4.67. The highest BCUT2D eigenvalue weighted by Gasteiger charge is 1.86. The number of oxime groups is 1. The molecule has 0 atom stereocenters. The molecule has 1 rings (SSSR count). The van der Waals surface area contributed by atoms with Gasteiger partial charge in [-0.3, -0.25) is 0 Å². The minimum Gasteiger partial charge on any atom is -0.411 e. The number of hydrogen-bond donors (Lipinski definition) is 1. The van der Waals surface area contributed by atoms with E-state index in [0.29, 0.717) is 5.69 Å². The minimum absolute atomic E-state index is 0.581. The Morgan fingerprint density at radius 3 is 3.25 bits per heavy atom. The zero-order valence-electron chi connectivity index (χ0n) is 3.85. The third-order valence-electron chi connectivity index (χ3n) is 0.568. The molecule has 0 fully saturated rings. The number of rotatable bonds is 1. The molecule has 1 N–H and O–H groups in total. The lowest BCUT2D eigenvalue weighted by Crippen LogP contribution is -1.75. The van der Waals surface area contributed by atoms with Gasteiger partial charge in [0, 0.05) is 0 Å². The summed E-state index contributed by atoms with van der Waals surface area (Å²) in [5.74, 6) is 0. The Kier molecular flexibility index (Phi) is 1.53. The van der Waals surface area contributed by atoms with Gasteiger partial charge in [0.2, 0.25) is 0 Å². The molecular weight excluding hydrogens is 126 g/mol. The van der Waals surface area contributed by atoms with E-state index in [-0.39, 0.29) is 0 Å². The second kappa shape index (κ2) is 2.37. The van der Waals surface area contributed by atoms with Gasteiger partial charge >= 0.3 is 0 Å². The number of aromatic nitrogens is 2. The monoisotopic (exact) mass is 129 g/mol. The topological polar surface area (TPSA) is 58.4 Å². The van der Waals surface area contributed by atoms with Gasteiger partial charge < -0.3 is 5.21 Å². The average Bonchev–Trinajstić information content (AvgIpc) is 2.19. The van der Waals surface area contributed by atoms with Crippen LogP contribution in [-0.2, 0) is 0 Å². The second-order valence-electron chi connectivity index (χ2n) is 1.08. The zero-order chi connectivity index (χ0) is 5.82. The summed E-state index contributed by atoms with van der Waals surface area (Å²) in [7, 11) is 0. The van der Waals surface area contributed by atoms with E-state index in [9.17, 15) is 0 Å². The van der Waals surface area contributed by atoms with E-state index in [1.165, 1.54) is 12.4 Å². The maximum absolute atomic E-state index is 7.94. The van der Waals surface area contributed by atoms with E-state index in [1.807, 2.05) is 0 Å². The van der Waals surface area contributed by atoms with Crippen LogP contribution in [0.5, 0.6) is 0 Å². The van der Waals surface area contributed by atoms with Gasteiger partial charge in [0.25, 0.3) is 0 Å². The molecule has 1 aromatic heterocycles. The number of nitrogens with zero attached hydrogens (tertiary/aromatic N) is 3. The molecule has 0 saturated carbocycles. The molecular formula is C3H3N3OS. The van der Waals surface area contributed by atoms with E-state index in [0.717, 1.165) is 11.7 Å². The van der Waals surface area contributed by atoms with Crippen LogP contribution in [0.3, 0.4) is 0 Å². The molecule has 0 saturated heterocycles. The summed E-state index contributed by atoms with van der Waals surface area (Å²) in [6.45, 7) is 0. The van der Waals surface area contributed by atoms with Gasteiger partial charge in [-0.1, -0.05) is 5.16 Å². The first kappa shape index (κ1) is 5.17. The van der Waals surface area contributed by atoms with Crippen molar-refractivity contribution in [3.8, 4) is 0 Å². The van der Waals surface area contributed by atoms with Crippen molar-refractivity contribution in [2.45, 2.75) is 0 Å². The van der Waals surface area contributed by atoms with Crippen molar-refractivity contribution in [3.63, 3.8) is 0 Å². The maximum Gasteiger partial charge on any atom is 0.118 e. The smallest absolute Gasteiger partial charge is 0.118 e. The second-order valence-corrected chi connectivity index (χ2v) is 1.63. The molecule has 1 aromatic rings. The molecule has 42 valence electrons. The normalized spacial score (nSPS) is 10.5. The summed E-state index contributed by atoms with van der Waals surface area (Å²) >= 11 is 1.08. The van der Waals surface area contributed by atoms with Gasteiger partial charge in [-0.05, 0) is 0 Å². The highest BCUT2D eigenvalue weighted by Crippen LogP contribution is 1.88. The van der Waals surface area contributed by atoms with Gasteiger partial charge in [-0.2, -0.15) is 8.75 Å². The summed E-state index contributed by atoms with van der Waals surface area (Å²) in [4.78, 5) is 0. The van der Waals surface area contributed by atoms with Gasteiger partial charge in [0.15, 0.2) is 0 Å². The third kappa shape index (κ3) is 1.00. The SMILES string of the molecule is O/N=C\c1cnsn1. The molecule has 8 heavy (non-hydrogen) atoms. The largest absolute Gasteiger partial charge is 0.411 e. The van der Waals surface area contributed by atoms with E-state index in [1.54, 1.807) is 0 Å². The Bertz CT molecular complexity index is 171. The Morgan fingerprint density at radius 2 is 2.75 bits per heavy atom. The van der Waals surface area contributed by atoms with Crippen LogP contribution in [0.15, 0.2) is 11.4 Å². The molecule has 1 heterocycles. The molecule has 0 spiro atoms. The van der Waals surface area contributed by atoms with Crippen LogP contribution in [0, 0.1) is 0 Å². The van der Waals surface area contributed by atoms with Crippen LogP contribution in [0.4, 0.5) is 0 Å². The van der Waals surface area contributed by atoms with Crippen LogP contribution in [-0.4, -0.2) is 20.2 Å². The van der Waals surface area contributed by atoms with Gasteiger partial charge in [-0.15, -0.1) is 0 Å². The first-order valence-corrected chi connectivity index (χ1v) is 2.61. The summed E-state index contributed by atoms with van der Waals surface area (Å²) in [6, 6.07) is 0. The van der Waals surface area contributed by atoms with Gasteiger partial charge in [-0.25, -0.2) is 0 Å². The first-order chi connectivity index (χ1) is 3.93. The fourth-order valence-electron chi connectivity index (χ4n) is 0.288. The minimum atomic E-state index is 0.581. The van der Waals surface area contributed by atoms with Crippen LogP contribution in [0.2, 0.25) is 0 Å².